The summed E-state index contributed by atoms with van der Waals surface area (Å²) in [7, 11) is -2.63. The number of imidazole rings is 1. The van der Waals surface area contributed by atoms with Crippen LogP contribution in [0, 0.1) is 0 Å². The topological polar surface area (TPSA) is 96.5 Å². The third kappa shape index (κ3) is 3.83. The fourth-order valence-electron chi connectivity index (χ4n) is 4.96. The lowest BCUT2D eigenvalue weighted by Crippen LogP contribution is -2.61. The molecule has 2 fully saturated rings. The summed E-state index contributed by atoms with van der Waals surface area (Å²) in [4.78, 5) is 26.3. The number of hydrogen-bond acceptors (Lipinski definition) is 4. The van der Waals surface area contributed by atoms with Crippen molar-refractivity contribution < 1.29 is 22.7 Å². The van der Waals surface area contributed by atoms with E-state index < -0.39 is 28.0 Å². The Morgan fingerprint density at radius 3 is 2.41 bits per heavy atom. The smallest absolute Gasteiger partial charge is 0.333 e. The third-order valence-corrected chi connectivity index (χ3v) is 8.72. The fourth-order valence-corrected chi connectivity index (χ4v) is 7.06. The first-order valence-corrected chi connectivity index (χ1v) is 13.0. The van der Waals surface area contributed by atoms with Gasteiger partial charge in [-0.05, 0) is 56.7 Å². The van der Waals surface area contributed by atoms with Crippen LogP contribution < -0.4 is 11.0 Å². The van der Waals surface area contributed by atoms with Crippen molar-refractivity contribution in [1.82, 2.24) is 14.5 Å². The molecule has 0 radical (unpaired) electrons. The van der Waals surface area contributed by atoms with Gasteiger partial charge in [-0.2, -0.15) is 10.6 Å². The van der Waals surface area contributed by atoms with Gasteiger partial charge in [0, 0.05) is 18.0 Å². The summed E-state index contributed by atoms with van der Waals surface area (Å²) in [5.74, 6) is -3.69. The second-order valence-electron chi connectivity index (χ2n) is 10.0. The van der Waals surface area contributed by atoms with Crippen molar-refractivity contribution in [2.24, 2.45) is 0 Å². The summed E-state index contributed by atoms with van der Waals surface area (Å²) in [5, 5.41) is 2.86. The average Bonchev–Trinajstić information content (AvgIpc) is 3.24. The van der Waals surface area contributed by atoms with Crippen LogP contribution in [0.15, 0.2) is 47.3 Å². The highest BCUT2D eigenvalue weighted by atomic mass is 32.3. The molecule has 3 N–H and O–H groups in total. The highest BCUT2D eigenvalue weighted by molar-refractivity contribution is 8.25. The molecule has 34 heavy (non-hydrogen) atoms. The van der Waals surface area contributed by atoms with Crippen molar-refractivity contribution in [1.29, 1.82) is 0 Å². The quantitative estimate of drug-likeness (QED) is 0.480. The van der Waals surface area contributed by atoms with Gasteiger partial charge >= 0.3 is 5.69 Å². The predicted molar refractivity (Wildman–Crippen MR) is 129 cm³/mol. The van der Waals surface area contributed by atoms with Crippen molar-refractivity contribution in [2.75, 3.05) is 11.5 Å². The Balaban J connectivity index is 1.55. The number of nitrogens with one attached hydrogen (secondary N) is 1. The van der Waals surface area contributed by atoms with Crippen LogP contribution in [0.4, 0.5) is 8.78 Å². The van der Waals surface area contributed by atoms with E-state index >= 15 is 0 Å². The second kappa shape index (κ2) is 7.40. The molecule has 10 heteroatoms. The van der Waals surface area contributed by atoms with Crippen molar-refractivity contribution in [3.63, 3.8) is 0 Å². The lowest BCUT2D eigenvalue weighted by Gasteiger charge is -2.54. The Morgan fingerprint density at radius 2 is 1.82 bits per heavy atom. The van der Waals surface area contributed by atoms with Crippen LogP contribution in [0.1, 0.15) is 55.1 Å². The van der Waals surface area contributed by atoms with Crippen LogP contribution >= 0.6 is 10.6 Å². The minimum Gasteiger partial charge on any atom is -0.344 e. The largest absolute Gasteiger partial charge is 0.344 e. The van der Waals surface area contributed by atoms with Gasteiger partial charge in [0.05, 0.1) is 39.7 Å². The Morgan fingerprint density at radius 1 is 1.15 bits per heavy atom. The number of carbonyl (C=O) groups is 1. The maximum Gasteiger partial charge on any atom is 0.333 e. The van der Waals surface area contributed by atoms with Crippen LogP contribution in [0.25, 0.3) is 16.7 Å². The Labute approximate surface area is 196 Å². The van der Waals surface area contributed by atoms with Gasteiger partial charge in [-0.15, -0.1) is 0 Å². The molecule has 2 aromatic carbocycles. The van der Waals surface area contributed by atoms with Crippen LogP contribution in [-0.2, 0) is 0 Å². The molecule has 1 aliphatic heterocycles. The maximum absolute atomic E-state index is 13.6. The fraction of sp³-hybridized carbons (Fsp3) is 0.417. The van der Waals surface area contributed by atoms with E-state index in [4.69, 9.17) is 0 Å². The number of carbonyl (C=O) groups excluding carboxylic acids is 1. The molecule has 1 atom stereocenters. The number of aromatic nitrogens is 2. The van der Waals surface area contributed by atoms with E-state index in [9.17, 15) is 27.5 Å². The number of fused-ring (bicyclic) bond motifs is 1. The Kier molecular flexibility index (Phi) is 5.02. The number of amides is 1. The number of alkyl halides is 2. The van der Waals surface area contributed by atoms with Gasteiger partial charge in [-0.1, -0.05) is 12.1 Å². The van der Waals surface area contributed by atoms with Gasteiger partial charge in [0.1, 0.15) is 0 Å². The van der Waals surface area contributed by atoms with Gasteiger partial charge in [0.2, 0.25) is 0 Å². The van der Waals surface area contributed by atoms with Crippen molar-refractivity contribution in [2.45, 2.75) is 50.6 Å². The van der Waals surface area contributed by atoms with E-state index in [-0.39, 0.29) is 35.6 Å². The first-order chi connectivity index (χ1) is 15.8. The molecule has 0 bridgehead atoms. The van der Waals surface area contributed by atoms with E-state index in [2.05, 4.69) is 5.32 Å². The molecule has 2 heterocycles. The van der Waals surface area contributed by atoms with Gasteiger partial charge in [-0.25, -0.2) is 13.6 Å². The van der Waals surface area contributed by atoms with Crippen molar-refractivity contribution >= 4 is 27.5 Å². The van der Waals surface area contributed by atoms with Crippen LogP contribution in [0.5, 0.6) is 0 Å². The summed E-state index contributed by atoms with van der Waals surface area (Å²) in [6.45, 7) is 5.48. The SMILES string of the molecule is CC(C)n1c(=O)n(-c2cccc(C3CC3(F)F)c2)c2ccc(C(=O)NC3(C)CS(O)(O)C3)cc21. The van der Waals surface area contributed by atoms with Crippen molar-refractivity contribution in [3.8, 4) is 5.69 Å². The zero-order valence-corrected chi connectivity index (χ0v) is 19.9. The highest BCUT2D eigenvalue weighted by Crippen LogP contribution is 2.56. The number of nitrogens with zero attached hydrogens (tertiary/aromatic N) is 2. The summed E-state index contributed by atoms with van der Waals surface area (Å²) in [5.41, 5.74) is 1.45. The van der Waals surface area contributed by atoms with E-state index in [0.29, 0.717) is 27.8 Å². The minimum absolute atomic E-state index is 0.109. The molecule has 1 saturated carbocycles. The predicted octanol–water partition coefficient (Wildman–Crippen LogP) is 4.75. The average molecular weight is 492 g/mol. The van der Waals surface area contributed by atoms with E-state index in [1.165, 1.54) is 4.57 Å². The molecular formula is C24H27F2N3O4S. The molecule has 5 rings (SSSR count). The summed E-state index contributed by atoms with van der Waals surface area (Å²) in [6.07, 6.45) is -0.189. The standard InChI is InChI=1S/C24H27F2N3O4S/c1-14(2)28-20-10-16(21(30)27-23(3)12-34(32,33)13-23)7-8-19(20)29(22(28)31)17-6-4-5-15(9-17)18-11-24(18,25)26/h4-10,14,18,32-33H,11-13H2,1-3H3,(H,27,30). The lowest BCUT2D eigenvalue weighted by molar-refractivity contribution is 0.0914. The molecule has 1 amide bonds. The van der Waals surface area contributed by atoms with E-state index in [0.717, 1.165) is 0 Å². The lowest BCUT2D eigenvalue weighted by atomic mass is 10.1. The van der Waals surface area contributed by atoms with Gasteiger partial charge in [-0.3, -0.25) is 23.0 Å². The first-order valence-electron chi connectivity index (χ1n) is 11.1. The number of benzene rings is 2. The Hall–Kier alpha value is -2.69. The Bertz CT molecular complexity index is 1370. The number of rotatable bonds is 5. The minimum atomic E-state index is -2.71. The molecule has 3 aromatic rings. The zero-order chi connectivity index (χ0) is 24.6. The molecule has 1 aromatic heterocycles. The first kappa shape index (κ1) is 23.1. The normalized spacial score (nSPS) is 22.9. The molecule has 7 nitrogen and oxygen atoms in total. The molecule has 2 aliphatic rings. The van der Waals surface area contributed by atoms with Gasteiger partial charge < -0.3 is 5.32 Å². The molecule has 1 saturated heterocycles. The summed E-state index contributed by atoms with van der Waals surface area (Å²) < 4.78 is 49.7. The second-order valence-corrected chi connectivity index (χ2v) is 12.2. The van der Waals surface area contributed by atoms with Crippen LogP contribution in [0.3, 0.4) is 0 Å². The zero-order valence-electron chi connectivity index (χ0n) is 19.1. The van der Waals surface area contributed by atoms with Gasteiger partial charge in [0.15, 0.2) is 0 Å². The molecular weight excluding hydrogens is 464 g/mol. The monoisotopic (exact) mass is 491 g/mol. The number of halogens is 2. The van der Waals surface area contributed by atoms with Crippen molar-refractivity contribution in [3.05, 3.63) is 64.1 Å². The third-order valence-electron chi connectivity index (χ3n) is 6.52. The highest BCUT2D eigenvalue weighted by Gasteiger charge is 2.57. The van der Waals surface area contributed by atoms with Crippen LogP contribution in [-0.4, -0.2) is 47.1 Å². The summed E-state index contributed by atoms with van der Waals surface area (Å²) >= 11 is 0. The molecule has 0 spiro atoms. The molecule has 1 aliphatic carbocycles. The maximum atomic E-state index is 13.6. The summed E-state index contributed by atoms with van der Waals surface area (Å²) in [6, 6.07) is 11.4. The van der Waals surface area contributed by atoms with Gasteiger partial charge in [0.25, 0.3) is 11.8 Å². The van der Waals surface area contributed by atoms with E-state index in [1.807, 2.05) is 13.8 Å². The number of hydrogen-bond donors (Lipinski definition) is 3. The molecule has 1 unspecified atom stereocenters. The van der Waals surface area contributed by atoms with Crippen LogP contribution in [0.2, 0.25) is 0 Å². The van der Waals surface area contributed by atoms with E-state index in [1.54, 1.807) is 54.0 Å². The molecule has 182 valence electrons.